The van der Waals surface area contributed by atoms with E-state index < -0.39 is 5.82 Å². The lowest BCUT2D eigenvalue weighted by atomic mass is 10.1. The van der Waals surface area contributed by atoms with Crippen molar-refractivity contribution in [2.75, 3.05) is 19.3 Å². The van der Waals surface area contributed by atoms with Crippen LogP contribution in [0.25, 0.3) is 0 Å². The molecule has 1 aromatic carbocycles. The number of aromatic nitrogens is 1. The third-order valence-corrected chi connectivity index (χ3v) is 3.05. The predicted molar refractivity (Wildman–Crippen MR) is 75.7 cm³/mol. The molecule has 0 aliphatic carbocycles. The number of hydrogen-bond acceptors (Lipinski definition) is 3. The van der Waals surface area contributed by atoms with Gasteiger partial charge < -0.3 is 10.6 Å². The van der Waals surface area contributed by atoms with Gasteiger partial charge in [-0.2, -0.15) is 0 Å². The van der Waals surface area contributed by atoms with Crippen molar-refractivity contribution in [3.8, 4) is 0 Å². The summed E-state index contributed by atoms with van der Waals surface area (Å²) in [6.07, 6.45) is 4.10. The molecule has 1 heterocycles. The molecule has 2 N–H and O–H groups in total. The second-order valence-corrected chi connectivity index (χ2v) is 4.57. The van der Waals surface area contributed by atoms with E-state index in [0.717, 1.165) is 5.56 Å². The Balaban J connectivity index is 2.03. The third-order valence-electron chi connectivity index (χ3n) is 3.05. The number of carbonyl (C=O) groups is 1. The topological polar surface area (TPSA) is 59.2 Å². The maximum Gasteiger partial charge on any atom is 0.256 e. The van der Waals surface area contributed by atoms with Gasteiger partial charge in [0.05, 0.1) is 5.56 Å². The highest BCUT2D eigenvalue weighted by Crippen LogP contribution is 2.14. The Hall–Kier alpha value is -2.43. The number of nitrogen functional groups attached to an aromatic ring is 1. The summed E-state index contributed by atoms with van der Waals surface area (Å²) in [6, 6.07) is 7.78. The van der Waals surface area contributed by atoms with Gasteiger partial charge in [-0.1, -0.05) is 0 Å². The molecule has 0 aliphatic rings. The van der Waals surface area contributed by atoms with Gasteiger partial charge in [-0.15, -0.1) is 0 Å². The first kappa shape index (κ1) is 14.0. The first-order chi connectivity index (χ1) is 9.58. The van der Waals surface area contributed by atoms with Crippen molar-refractivity contribution in [2.45, 2.75) is 6.42 Å². The van der Waals surface area contributed by atoms with Crippen LogP contribution < -0.4 is 5.73 Å². The van der Waals surface area contributed by atoms with Gasteiger partial charge in [0.25, 0.3) is 5.91 Å². The van der Waals surface area contributed by atoms with E-state index in [1.165, 1.54) is 23.1 Å². The number of pyridine rings is 1. The molecule has 0 aliphatic heterocycles. The van der Waals surface area contributed by atoms with Crippen LogP contribution in [0, 0.1) is 5.82 Å². The van der Waals surface area contributed by atoms with E-state index in [0.29, 0.717) is 18.7 Å². The van der Waals surface area contributed by atoms with Crippen LogP contribution in [0.2, 0.25) is 0 Å². The van der Waals surface area contributed by atoms with E-state index in [1.807, 2.05) is 12.1 Å². The van der Waals surface area contributed by atoms with E-state index in [2.05, 4.69) is 4.98 Å². The van der Waals surface area contributed by atoms with Crippen molar-refractivity contribution in [3.63, 3.8) is 0 Å². The molecule has 4 nitrogen and oxygen atoms in total. The summed E-state index contributed by atoms with van der Waals surface area (Å²) in [6.45, 7) is 0.497. The number of rotatable bonds is 4. The highest BCUT2D eigenvalue weighted by Gasteiger charge is 2.16. The Labute approximate surface area is 117 Å². The number of benzene rings is 1. The summed E-state index contributed by atoms with van der Waals surface area (Å²) >= 11 is 0. The summed E-state index contributed by atoms with van der Waals surface area (Å²) in [5.41, 5.74) is 7.04. The lowest BCUT2D eigenvalue weighted by Gasteiger charge is -2.17. The number of likely N-dealkylation sites (N-methyl/N-ethyl adjacent to an activating group) is 1. The Morgan fingerprint density at radius 3 is 2.70 bits per heavy atom. The van der Waals surface area contributed by atoms with Gasteiger partial charge in [0.1, 0.15) is 5.82 Å². The summed E-state index contributed by atoms with van der Waals surface area (Å²) < 4.78 is 13.6. The van der Waals surface area contributed by atoms with Crippen LogP contribution in [0.3, 0.4) is 0 Å². The van der Waals surface area contributed by atoms with E-state index >= 15 is 0 Å². The largest absolute Gasteiger partial charge is 0.399 e. The molecule has 0 unspecified atom stereocenters. The molecule has 1 amide bonds. The van der Waals surface area contributed by atoms with Gasteiger partial charge >= 0.3 is 0 Å². The Morgan fingerprint density at radius 1 is 1.30 bits per heavy atom. The van der Waals surface area contributed by atoms with E-state index in [4.69, 9.17) is 5.73 Å². The Morgan fingerprint density at radius 2 is 2.00 bits per heavy atom. The predicted octanol–water partition coefficient (Wildman–Crippen LogP) is 2.12. The van der Waals surface area contributed by atoms with Crippen molar-refractivity contribution in [3.05, 3.63) is 59.7 Å². The number of amides is 1. The average Bonchev–Trinajstić information content (AvgIpc) is 2.47. The minimum Gasteiger partial charge on any atom is -0.399 e. The Kier molecular flexibility index (Phi) is 4.30. The van der Waals surface area contributed by atoms with Crippen molar-refractivity contribution >= 4 is 11.6 Å². The zero-order chi connectivity index (χ0) is 14.5. The summed E-state index contributed by atoms with van der Waals surface area (Å²) in [5, 5.41) is 0. The number of nitrogens with zero attached hydrogens (tertiary/aromatic N) is 2. The first-order valence-corrected chi connectivity index (χ1v) is 6.27. The fourth-order valence-corrected chi connectivity index (χ4v) is 1.86. The molecule has 0 saturated carbocycles. The van der Waals surface area contributed by atoms with Crippen LogP contribution in [0.15, 0.2) is 42.7 Å². The summed E-state index contributed by atoms with van der Waals surface area (Å²) in [4.78, 5) is 17.6. The third kappa shape index (κ3) is 3.32. The monoisotopic (exact) mass is 273 g/mol. The lowest BCUT2D eigenvalue weighted by molar-refractivity contribution is 0.0792. The molecular formula is C15H16FN3O. The fourth-order valence-electron chi connectivity index (χ4n) is 1.86. The highest BCUT2D eigenvalue weighted by atomic mass is 19.1. The number of anilines is 1. The second kappa shape index (κ2) is 6.14. The molecule has 0 saturated heterocycles. The minimum atomic E-state index is -0.556. The Bertz CT molecular complexity index is 601. The van der Waals surface area contributed by atoms with Crippen LogP contribution in [0.1, 0.15) is 15.9 Å². The molecule has 1 aromatic heterocycles. The smallest absolute Gasteiger partial charge is 0.256 e. The van der Waals surface area contributed by atoms with E-state index in [1.54, 1.807) is 19.4 Å². The van der Waals surface area contributed by atoms with Gasteiger partial charge in [0.2, 0.25) is 0 Å². The maximum absolute atomic E-state index is 13.6. The van der Waals surface area contributed by atoms with Crippen LogP contribution in [-0.2, 0) is 6.42 Å². The van der Waals surface area contributed by atoms with Crippen LogP contribution in [-0.4, -0.2) is 29.4 Å². The molecule has 5 heteroatoms. The molecule has 0 spiro atoms. The molecule has 0 radical (unpaired) electrons. The van der Waals surface area contributed by atoms with Crippen LogP contribution in [0.5, 0.6) is 0 Å². The first-order valence-electron chi connectivity index (χ1n) is 6.27. The molecule has 104 valence electrons. The van der Waals surface area contributed by atoms with Crippen molar-refractivity contribution < 1.29 is 9.18 Å². The quantitative estimate of drug-likeness (QED) is 0.868. The van der Waals surface area contributed by atoms with Gasteiger partial charge in [-0.05, 0) is 42.3 Å². The molecule has 0 atom stereocenters. The zero-order valence-electron chi connectivity index (χ0n) is 11.2. The van der Waals surface area contributed by atoms with Gasteiger partial charge in [0, 0.05) is 31.7 Å². The van der Waals surface area contributed by atoms with E-state index in [9.17, 15) is 9.18 Å². The van der Waals surface area contributed by atoms with Crippen molar-refractivity contribution in [1.29, 1.82) is 0 Å². The van der Waals surface area contributed by atoms with Gasteiger partial charge in [-0.25, -0.2) is 4.39 Å². The number of nitrogens with two attached hydrogens (primary N) is 1. The second-order valence-electron chi connectivity index (χ2n) is 4.57. The molecular weight excluding hydrogens is 257 g/mol. The standard InChI is InChI=1S/C15H16FN3O/c1-19(9-6-11-4-7-18-8-5-11)15(20)13-10-12(17)2-3-14(13)16/h2-5,7-8,10H,6,9,17H2,1H3. The lowest BCUT2D eigenvalue weighted by Crippen LogP contribution is -2.29. The molecule has 2 rings (SSSR count). The van der Waals surface area contributed by atoms with Gasteiger partial charge in [-0.3, -0.25) is 9.78 Å². The van der Waals surface area contributed by atoms with E-state index in [-0.39, 0.29) is 11.5 Å². The van der Waals surface area contributed by atoms with Crippen molar-refractivity contribution in [1.82, 2.24) is 9.88 Å². The fraction of sp³-hybridized carbons (Fsp3) is 0.200. The average molecular weight is 273 g/mol. The number of hydrogen-bond donors (Lipinski definition) is 1. The van der Waals surface area contributed by atoms with Crippen LogP contribution >= 0.6 is 0 Å². The molecule has 0 fully saturated rings. The maximum atomic E-state index is 13.6. The van der Waals surface area contributed by atoms with Crippen molar-refractivity contribution in [2.24, 2.45) is 0 Å². The SMILES string of the molecule is CN(CCc1ccncc1)C(=O)c1cc(N)ccc1F. The summed E-state index contributed by atoms with van der Waals surface area (Å²) in [7, 11) is 1.64. The minimum absolute atomic E-state index is 0.00206. The number of halogens is 1. The highest BCUT2D eigenvalue weighted by molar-refractivity contribution is 5.95. The van der Waals surface area contributed by atoms with Gasteiger partial charge in [0.15, 0.2) is 0 Å². The normalized spacial score (nSPS) is 10.3. The molecule has 0 bridgehead atoms. The summed E-state index contributed by atoms with van der Waals surface area (Å²) in [5.74, 6) is -0.927. The number of carbonyl (C=O) groups excluding carboxylic acids is 1. The molecule has 2 aromatic rings. The van der Waals surface area contributed by atoms with Crippen LogP contribution in [0.4, 0.5) is 10.1 Å². The zero-order valence-corrected chi connectivity index (χ0v) is 11.2. The molecule has 20 heavy (non-hydrogen) atoms.